The van der Waals surface area contributed by atoms with Gasteiger partial charge < -0.3 is 20.0 Å². The minimum Gasteiger partial charge on any atom is -0.378 e. The van der Waals surface area contributed by atoms with Gasteiger partial charge in [-0.25, -0.2) is 4.98 Å². The molecule has 0 fully saturated rings. The maximum atomic E-state index is 10.8. The van der Waals surface area contributed by atoms with E-state index in [2.05, 4.69) is 15.3 Å². The maximum absolute atomic E-state index is 10.8. The highest BCUT2D eigenvalue weighted by Gasteiger charge is 2.13. The molecular formula is C11H13N5O2. The average Bonchev–Trinajstić information content (AvgIpc) is 2.76. The van der Waals surface area contributed by atoms with Crippen molar-refractivity contribution in [1.29, 1.82) is 0 Å². The fourth-order valence-corrected chi connectivity index (χ4v) is 1.63. The van der Waals surface area contributed by atoms with Crippen LogP contribution in [0.3, 0.4) is 0 Å². The van der Waals surface area contributed by atoms with Crippen LogP contribution in [0, 0.1) is 10.1 Å². The summed E-state index contributed by atoms with van der Waals surface area (Å²) in [6.07, 6.45) is 5.68. The van der Waals surface area contributed by atoms with Gasteiger partial charge in [0, 0.05) is 32.4 Å². The summed E-state index contributed by atoms with van der Waals surface area (Å²) >= 11 is 0. The third-order valence-electron chi connectivity index (χ3n) is 2.54. The van der Waals surface area contributed by atoms with E-state index < -0.39 is 4.92 Å². The first-order valence-corrected chi connectivity index (χ1v) is 5.48. The van der Waals surface area contributed by atoms with Gasteiger partial charge >= 0.3 is 5.82 Å². The Morgan fingerprint density at radius 2 is 2.28 bits per heavy atom. The van der Waals surface area contributed by atoms with Gasteiger partial charge in [-0.3, -0.25) is 0 Å². The van der Waals surface area contributed by atoms with Gasteiger partial charge in [-0.1, -0.05) is 0 Å². The number of imidazole rings is 1. The van der Waals surface area contributed by atoms with E-state index in [-0.39, 0.29) is 5.82 Å². The smallest absolute Gasteiger partial charge is 0.378 e. The monoisotopic (exact) mass is 247 g/mol. The van der Waals surface area contributed by atoms with E-state index in [0.717, 1.165) is 5.82 Å². The summed E-state index contributed by atoms with van der Waals surface area (Å²) in [5.74, 6) is 0.770. The van der Waals surface area contributed by atoms with Crippen LogP contribution in [0.5, 0.6) is 0 Å². The fraction of sp³-hybridized carbons (Fsp3) is 0.273. The third kappa shape index (κ3) is 2.62. The maximum Gasteiger partial charge on any atom is 0.386 e. The van der Waals surface area contributed by atoms with Crippen molar-refractivity contribution in [3.63, 3.8) is 0 Å². The molecule has 0 bridgehead atoms. The van der Waals surface area contributed by atoms with Crippen LogP contribution in [-0.4, -0.2) is 26.0 Å². The van der Waals surface area contributed by atoms with E-state index in [1.807, 2.05) is 17.8 Å². The summed E-state index contributed by atoms with van der Waals surface area (Å²) in [4.78, 5) is 18.2. The van der Waals surface area contributed by atoms with Gasteiger partial charge in [0.15, 0.2) is 0 Å². The van der Waals surface area contributed by atoms with Gasteiger partial charge in [-0.15, -0.1) is 0 Å². The quantitative estimate of drug-likeness (QED) is 0.637. The molecular weight excluding hydrogens is 234 g/mol. The molecule has 7 heteroatoms. The van der Waals surface area contributed by atoms with Gasteiger partial charge in [0.25, 0.3) is 0 Å². The number of nitrogens with one attached hydrogen (secondary N) is 1. The molecule has 0 aliphatic carbocycles. The predicted octanol–water partition coefficient (Wildman–Crippen LogP) is 1.38. The first-order valence-electron chi connectivity index (χ1n) is 5.48. The van der Waals surface area contributed by atoms with Crippen molar-refractivity contribution in [3.05, 3.63) is 46.7 Å². The van der Waals surface area contributed by atoms with Gasteiger partial charge in [-0.2, -0.15) is 0 Å². The standard InChI is InChI=1S/C11H13N5O2/c1-15-8-7-13-10(15)4-6-12-9-3-2-5-14-11(9)16(17)18/h2-3,5,7-8,12H,4,6H2,1H3. The molecule has 94 valence electrons. The lowest BCUT2D eigenvalue weighted by molar-refractivity contribution is -0.388. The highest BCUT2D eigenvalue weighted by atomic mass is 16.6. The summed E-state index contributed by atoms with van der Waals surface area (Å²) in [7, 11) is 1.91. The summed E-state index contributed by atoms with van der Waals surface area (Å²) in [5, 5.41) is 13.8. The SMILES string of the molecule is Cn1ccnc1CCNc1cccnc1[N+](=O)[O-]. The number of hydrogen-bond donors (Lipinski definition) is 1. The molecule has 7 nitrogen and oxygen atoms in total. The summed E-state index contributed by atoms with van der Waals surface area (Å²) in [6.45, 7) is 0.567. The Bertz CT molecular complexity index is 552. The van der Waals surface area contributed by atoms with Crippen LogP contribution >= 0.6 is 0 Å². The number of hydrogen-bond acceptors (Lipinski definition) is 5. The van der Waals surface area contributed by atoms with Crippen LogP contribution in [0.25, 0.3) is 0 Å². The second kappa shape index (κ2) is 5.26. The Morgan fingerprint density at radius 3 is 2.94 bits per heavy atom. The molecule has 0 aliphatic rings. The molecule has 2 heterocycles. The normalized spacial score (nSPS) is 10.3. The second-order valence-corrected chi connectivity index (χ2v) is 3.76. The summed E-state index contributed by atoms with van der Waals surface area (Å²) in [6, 6.07) is 3.31. The lowest BCUT2D eigenvalue weighted by atomic mass is 10.3. The molecule has 0 atom stereocenters. The van der Waals surface area contributed by atoms with Crippen molar-refractivity contribution in [2.75, 3.05) is 11.9 Å². The molecule has 0 aliphatic heterocycles. The van der Waals surface area contributed by atoms with E-state index in [9.17, 15) is 10.1 Å². The zero-order valence-electron chi connectivity index (χ0n) is 9.91. The number of aromatic nitrogens is 3. The number of aryl methyl sites for hydroxylation is 1. The van der Waals surface area contributed by atoms with Crippen molar-refractivity contribution < 1.29 is 4.92 Å². The zero-order chi connectivity index (χ0) is 13.0. The van der Waals surface area contributed by atoms with Gasteiger partial charge in [0.2, 0.25) is 0 Å². The van der Waals surface area contributed by atoms with Crippen molar-refractivity contribution in [2.45, 2.75) is 6.42 Å². The van der Waals surface area contributed by atoms with Gasteiger partial charge in [-0.05, 0) is 22.0 Å². The third-order valence-corrected chi connectivity index (χ3v) is 2.54. The zero-order valence-corrected chi connectivity index (χ0v) is 9.91. The minimum atomic E-state index is -0.497. The molecule has 0 spiro atoms. The minimum absolute atomic E-state index is 0.155. The molecule has 0 saturated heterocycles. The topological polar surface area (TPSA) is 85.9 Å². The second-order valence-electron chi connectivity index (χ2n) is 3.76. The van der Waals surface area contributed by atoms with Crippen molar-refractivity contribution in [2.24, 2.45) is 7.05 Å². The van der Waals surface area contributed by atoms with Crippen LogP contribution in [0.4, 0.5) is 11.5 Å². The number of pyridine rings is 1. The fourth-order valence-electron chi connectivity index (χ4n) is 1.63. The number of nitro groups is 1. The molecule has 0 radical (unpaired) electrons. The Balaban J connectivity index is 1.99. The predicted molar refractivity (Wildman–Crippen MR) is 66.3 cm³/mol. The van der Waals surface area contributed by atoms with Crippen LogP contribution < -0.4 is 5.32 Å². The van der Waals surface area contributed by atoms with Gasteiger partial charge in [0.1, 0.15) is 17.7 Å². The Hall–Kier alpha value is -2.44. The van der Waals surface area contributed by atoms with E-state index in [1.165, 1.54) is 6.20 Å². The lowest BCUT2D eigenvalue weighted by Gasteiger charge is -2.06. The number of rotatable bonds is 5. The summed E-state index contributed by atoms with van der Waals surface area (Å²) in [5.41, 5.74) is 0.428. The molecule has 0 unspecified atom stereocenters. The van der Waals surface area contributed by atoms with E-state index in [4.69, 9.17) is 0 Å². The largest absolute Gasteiger partial charge is 0.386 e. The van der Waals surface area contributed by atoms with Crippen LogP contribution in [0.2, 0.25) is 0 Å². The Kier molecular flexibility index (Phi) is 3.52. The van der Waals surface area contributed by atoms with Crippen molar-refractivity contribution >= 4 is 11.5 Å². The molecule has 0 aromatic carbocycles. The van der Waals surface area contributed by atoms with Crippen LogP contribution in [-0.2, 0) is 13.5 Å². The number of anilines is 1. The number of nitrogens with zero attached hydrogens (tertiary/aromatic N) is 4. The molecule has 2 aromatic heterocycles. The first-order chi connectivity index (χ1) is 8.68. The van der Waals surface area contributed by atoms with E-state index in [1.54, 1.807) is 18.3 Å². The molecule has 0 saturated carbocycles. The highest BCUT2D eigenvalue weighted by molar-refractivity contribution is 5.56. The Labute approximate surface area is 104 Å². The van der Waals surface area contributed by atoms with E-state index in [0.29, 0.717) is 18.7 Å². The average molecular weight is 247 g/mol. The lowest BCUT2D eigenvalue weighted by Crippen LogP contribution is -2.10. The van der Waals surface area contributed by atoms with Gasteiger partial charge in [0.05, 0.1) is 0 Å². The first kappa shape index (κ1) is 12.0. The Morgan fingerprint density at radius 1 is 1.44 bits per heavy atom. The van der Waals surface area contributed by atoms with Crippen molar-refractivity contribution in [3.8, 4) is 0 Å². The summed E-state index contributed by atoms with van der Waals surface area (Å²) < 4.78 is 1.92. The van der Waals surface area contributed by atoms with Crippen LogP contribution in [0.15, 0.2) is 30.7 Å². The van der Waals surface area contributed by atoms with Crippen molar-refractivity contribution in [1.82, 2.24) is 14.5 Å². The molecule has 1 N–H and O–H groups in total. The highest BCUT2D eigenvalue weighted by Crippen LogP contribution is 2.19. The van der Waals surface area contributed by atoms with Crippen LogP contribution in [0.1, 0.15) is 5.82 Å². The molecule has 2 aromatic rings. The molecule has 0 amide bonds. The van der Waals surface area contributed by atoms with E-state index >= 15 is 0 Å². The molecule has 2 rings (SSSR count). The molecule has 18 heavy (non-hydrogen) atoms.